The Morgan fingerprint density at radius 1 is 1.18 bits per heavy atom. The molecule has 1 heterocycles. The fraction of sp³-hybridized carbons (Fsp3) is 1.00. The molecule has 0 aromatic heterocycles. The quantitative estimate of drug-likeness (QED) is 0.517. The third-order valence-corrected chi connectivity index (χ3v) is 2.71. The van der Waals surface area contributed by atoms with Gasteiger partial charge in [-0.1, -0.05) is 18.4 Å². The third-order valence-electron chi connectivity index (χ3n) is 2.19. The fourth-order valence-electron chi connectivity index (χ4n) is 1.55. The van der Waals surface area contributed by atoms with Crippen LogP contribution in [0.15, 0.2) is 0 Å². The summed E-state index contributed by atoms with van der Waals surface area (Å²) >= 11 is 1.46. The van der Waals surface area contributed by atoms with Crippen LogP contribution in [0.1, 0.15) is 25.7 Å². The van der Waals surface area contributed by atoms with Crippen molar-refractivity contribution in [1.29, 1.82) is 0 Å². The van der Waals surface area contributed by atoms with E-state index in [0.717, 1.165) is 5.75 Å². The Bertz CT molecular complexity index is 92.1. The first-order valence-corrected chi connectivity index (χ1v) is 5.52. The molecule has 0 atom stereocenters. The lowest BCUT2D eigenvalue weighted by Crippen LogP contribution is -2.30. The van der Waals surface area contributed by atoms with Gasteiger partial charge in [0, 0.05) is 5.75 Å². The van der Waals surface area contributed by atoms with Gasteiger partial charge in [0.05, 0.1) is 0 Å². The summed E-state index contributed by atoms with van der Waals surface area (Å²) in [5, 5.41) is 5.34. The Morgan fingerprint density at radius 2 is 1.91 bits per heavy atom. The highest BCUT2D eigenvalue weighted by atomic mass is 32.2. The zero-order valence-electron chi connectivity index (χ0n) is 7.09. The summed E-state index contributed by atoms with van der Waals surface area (Å²) < 4.78 is 0. The molecule has 0 unspecified atom stereocenters. The number of rotatable bonds is 4. The van der Waals surface area contributed by atoms with Crippen molar-refractivity contribution in [3.63, 3.8) is 0 Å². The van der Waals surface area contributed by atoms with Crippen molar-refractivity contribution in [1.82, 2.24) is 4.90 Å². The summed E-state index contributed by atoms with van der Waals surface area (Å²) in [6.45, 7) is 3.88. The summed E-state index contributed by atoms with van der Waals surface area (Å²) in [5.74, 6) is 1.11. The lowest BCUT2D eigenvalue weighted by Gasteiger charge is -2.25. The molecule has 0 spiro atoms. The van der Waals surface area contributed by atoms with Crippen molar-refractivity contribution in [3.8, 4) is 0 Å². The maximum Gasteiger partial charge on any atom is 0.00886 e. The molecule has 1 aliphatic rings. The summed E-state index contributed by atoms with van der Waals surface area (Å²) in [5.41, 5.74) is 0. The maximum absolute atomic E-state index is 5.34. The van der Waals surface area contributed by atoms with E-state index in [1.807, 2.05) is 0 Å². The first-order valence-electron chi connectivity index (χ1n) is 4.47. The van der Waals surface area contributed by atoms with Crippen molar-refractivity contribution < 1.29 is 0 Å². The van der Waals surface area contributed by atoms with Crippen molar-refractivity contribution >= 4 is 11.9 Å². The van der Waals surface area contributed by atoms with Gasteiger partial charge < -0.3 is 4.90 Å². The van der Waals surface area contributed by atoms with Crippen LogP contribution in [0.5, 0.6) is 0 Å². The predicted octanol–water partition coefficient (Wildman–Crippen LogP) is 1.47. The van der Waals surface area contributed by atoms with Gasteiger partial charge in [-0.05, 0) is 38.9 Å². The standard InChI is InChI=1S/C8H18N2S/c9-11-8-4-7-10-5-2-1-3-6-10/h1-9H2. The fourth-order valence-corrected chi connectivity index (χ4v) is 1.85. The normalized spacial score (nSPS) is 20.5. The van der Waals surface area contributed by atoms with Gasteiger partial charge in [-0.25, -0.2) is 0 Å². The third kappa shape index (κ3) is 3.99. The molecule has 0 amide bonds. The molecule has 1 rings (SSSR count). The average Bonchev–Trinajstić information content (AvgIpc) is 2.07. The van der Waals surface area contributed by atoms with Crippen molar-refractivity contribution in [3.05, 3.63) is 0 Å². The van der Waals surface area contributed by atoms with Crippen LogP contribution < -0.4 is 5.14 Å². The van der Waals surface area contributed by atoms with Crippen LogP contribution >= 0.6 is 11.9 Å². The molecule has 2 nitrogen and oxygen atoms in total. The van der Waals surface area contributed by atoms with Crippen LogP contribution in [0.2, 0.25) is 0 Å². The number of nitrogens with two attached hydrogens (primary N) is 1. The van der Waals surface area contributed by atoms with Gasteiger partial charge in [0.15, 0.2) is 0 Å². The first kappa shape index (κ1) is 9.36. The van der Waals surface area contributed by atoms with Crippen molar-refractivity contribution in [2.24, 2.45) is 5.14 Å². The van der Waals surface area contributed by atoms with Gasteiger partial charge in [0.1, 0.15) is 0 Å². The lowest BCUT2D eigenvalue weighted by molar-refractivity contribution is 0.230. The molecule has 66 valence electrons. The highest BCUT2D eigenvalue weighted by Crippen LogP contribution is 2.08. The summed E-state index contributed by atoms with van der Waals surface area (Å²) in [4.78, 5) is 2.56. The zero-order chi connectivity index (χ0) is 7.94. The molecule has 0 aliphatic carbocycles. The van der Waals surface area contributed by atoms with Crippen LogP contribution in [-0.4, -0.2) is 30.3 Å². The molecule has 2 N–H and O–H groups in total. The average molecular weight is 174 g/mol. The van der Waals surface area contributed by atoms with E-state index in [1.54, 1.807) is 0 Å². The summed E-state index contributed by atoms with van der Waals surface area (Å²) in [7, 11) is 0. The van der Waals surface area contributed by atoms with Gasteiger partial charge in [-0.15, -0.1) is 0 Å². The van der Waals surface area contributed by atoms with Gasteiger partial charge >= 0.3 is 0 Å². The highest BCUT2D eigenvalue weighted by Gasteiger charge is 2.08. The number of piperidine rings is 1. The monoisotopic (exact) mass is 174 g/mol. The van der Waals surface area contributed by atoms with E-state index in [2.05, 4.69) is 4.90 Å². The minimum atomic E-state index is 1.11. The first-order chi connectivity index (χ1) is 5.43. The van der Waals surface area contributed by atoms with Crippen LogP contribution in [0.25, 0.3) is 0 Å². The van der Waals surface area contributed by atoms with E-state index in [-0.39, 0.29) is 0 Å². The van der Waals surface area contributed by atoms with E-state index in [0.29, 0.717) is 0 Å². The van der Waals surface area contributed by atoms with E-state index in [4.69, 9.17) is 5.14 Å². The number of likely N-dealkylation sites (tertiary alicyclic amines) is 1. The smallest absolute Gasteiger partial charge is 0.00886 e. The van der Waals surface area contributed by atoms with Gasteiger partial charge in [-0.2, -0.15) is 0 Å². The van der Waals surface area contributed by atoms with E-state index in [1.165, 1.54) is 57.3 Å². The number of hydrogen-bond acceptors (Lipinski definition) is 3. The molecule has 11 heavy (non-hydrogen) atoms. The Morgan fingerprint density at radius 3 is 2.55 bits per heavy atom. The van der Waals surface area contributed by atoms with Crippen LogP contribution in [0.3, 0.4) is 0 Å². The zero-order valence-corrected chi connectivity index (χ0v) is 7.91. The Hall–Kier alpha value is 0.270. The molecule has 0 bridgehead atoms. The van der Waals surface area contributed by atoms with Crippen molar-refractivity contribution in [2.75, 3.05) is 25.4 Å². The van der Waals surface area contributed by atoms with E-state index < -0.39 is 0 Å². The highest BCUT2D eigenvalue weighted by molar-refractivity contribution is 7.97. The Labute approximate surface area is 73.6 Å². The second-order valence-corrected chi connectivity index (χ2v) is 3.87. The largest absolute Gasteiger partial charge is 0.303 e. The van der Waals surface area contributed by atoms with Crippen LogP contribution in [0.4, 0.5) is 0 Å². The van der Waals surface area contributed by atoms with Crippen molar-refractivity contribution in [2.45, 2.75) is 25.7 Å². The Balaban J connectivity index is 1.96. The minimum absolute atomic E-state index is 1.11. The molecule has 0 radical (unpaired) electrons. The summed E-state index contributed by atoms with van der Waals surface area (Å²) in [6.07, 6.45) is 5.48. The molecular weight excluding hydrogens is 156 g/mol. The molecule has 3 heteroatoms. The van der Waals surface area contributed by atoms with Crippen LogP contribution in [-0.2, 0) is 0 Å². The van der Waals surface area contributed by atoms with Gasteiger partial charge in [0.2, 0.25) is 0 Å². The molecule has 1 fully saturated rings. The maximum atomic E-state index is 5.34. The van der Waals surface area contributed by atoms with E-state index >= 15 is 0 Å². The van der Waals surface area contributed by atoms with E-state index in [9.17, 15) is 0 Å². The minimum Gasteiger partial charge on any atom is -0.303 e. The molecule has 0 aromatic carbocycles. The molecular formula is C8H18N2S. The Kier molecular flexibility index (Phi) is 4.99. The second kappa shape index (κ2) is 5.86. The predicted molar refractivity (Wildman–Crippen MR) is 51.6 cm³/mol. The SMILES string of the molecule is NSCCCN1CCCCC1. The van der Waals surface area contributed by atoms with Gasteiger partial charge in [0.25, 0.3) is 0 Å². The summed E-state index contributed by atoms with van der Waals surface area (Å²) in [6, 6.07) is 0. The molecule has 1 saturated heterocycles. The lowest BCUT2D eigenvalue weighted by atomic mass is 10.1. The molecule has 0 aromatic rings. The number of nitrogens with zero attached hydrogens (tertiary/aromatic N) is 1. The van der Waals surface area contributed by atoms with Crippen LogP contribution in [0, 0.1) is 0 Å². The molecule has 0 saturated carbocycles. The van der Waals surface area contributed by atoms with Gasteiger partial charge in [-0.3, -0.25) is 5.14 Å². The molecule has 1 aliphatic heterocycles. The topological polar surface area (TPSA) is 29.3 Å². The second-order valence-electron chi connectivity index (χ2n) is 3.13. The number of hydrogen-bond donors (Lipinski definition) is 1.